The lowest BCUT2D eigenvalue weighted by atomic mass is 10.1. The molecule has 1 aromatic carbocycles. The Labute approximate surface area is 171 Å². The Kier molecular flexibility index (Phi) is 10.6. The first-order chi connectivity index (χ1) is 13.2. The quantitative estimate of drug-likeness (QED) is 0.332. The summed E-state index contributed by atoms with van der Waals surface area (Å²) in [4.78, 5) is 2.50. The van der Waals surface area contributed by atoms with Crippen LogP contribution in [0.25, 0.3) is 0 Å². The Morgan fingerprint density at radius 2 is 1.67 bits per heavy atom. The van der Waals surface area contributed by atoms with E-state index in [1.54, 1.807) is 7.11 Å². The monoisotopic (exact) mass is 389 g/mol. The molecule has 0 aromatic heterocycles. The second-order valence-corrected chi connectivity index (χ2v) is 7.96. The topological polar surface area (TPSA) is 12.5 Å². The van der Waals surface area contributed by atoms with Gasteiger partial charge in [-0.25, -0.2) is 0 Å². The molecule has 2 rings (SSSR count). The van der Waals surface area contributed by atoms with Crippen molar-refractivity contribution in [3.8, 4) is 0 Å². The minimum atomic E-state index is 0.217. The zero-order chi connectivity index (χ0) is 19.3. The number of rotatable bonds is 13. The van der Waals surface area contributed by atoms with Gasteiger partial charge in [-0.3, -0.25) is 0 Å². The average Bonchev–Trinajstić information content (AvgIpc) is 2.70. The summed E-state index contributed by atoms with van der Waals surface area (Å²) >= 11 is 6.04. The van der Waals surface area contributed by atoms with E-state index in [1.807, 2.05) is 12.1 Å². The number of nitrogens with zero attached hydrogens (tertiary/aromatic N) is 1. The van der Waals surface area contributed by atoms with E-state index in [1.165, 1.54) is 62.6 Å². The SMILES string of the molecule is CCCCCCCCCCN(Cc1ccc(Cl)cc1)C1=CCC(OC)C=C1. The molecule has 0 saturated heterocycles. The van der Waals surface area contributed by atoms with Gasteiger partial charge in [0.25, 0.3) is 0 Å². The van der Waals surface area contributed by atoms with Gasteiger partial charge in [0, 0.05) is 30.9 Å². The smallest absolute Gasteiger partial charge is 0.0791 e. The average molecular weight is 390 g/mol. The zero-order valence-corrected chi connectivity index (χ0v) is 17.9. The molecule has 0 aliphatic heterocycles. The molecular weight excluding hydrogens is 354 g/mol. The predicted molar refractivity (Wildman–Crippen MR) is 117 cm³/mol. The third kappa shape index (κ3) is 8.53. The van der Waals surface area contributed by atoms with Crippen molar-refractivity contribution in [1.29, 1.82) is 0 Å². The Morgan fingerprint density at radius 1 is 1.00 bits per heavy atom. The molecule has 0 N–H and O–H groups in total. The molecule has 0 fully saturated rings. The number of ether oxygens (including phenoxy) is 1. The molecule has 0 bridgehead atoms. The van der Waals surface area contributed by atoms with E-state index in [-0.39, 0.29) is 6.10 Å². The van der Waals surface area contributed by atoms with E-state index in [0.717, 1.165) is 24.5 Å². The van der Waals surface area contributed by atoms with Crippen LogP contribution in [-0.2, 0) is 11.3 Å². The molecule has 27 heavy (non-hydrogen) atoms. The molecule has 0 heterocycles. The first-order valence-electron chi connectivity index (χ1n) is 10.6. The van der Waals surface area contributed by atoms with Crippen LogP contribution in [0.2, 0.25) is 5.02 Å². The van der Waals surface area contributed by atoms with Crippen LogP contribution in [0.15, 0.2) is 48.2 Å². The summed E-state index contributed by atoms with van der Waals surface area (Å²) in [5, 5.41) is 0.799. The van der Waals surface area contributed by atoms with Crippen molar-refractivity contribution in [1.82, 2.24) is 4.90 Å². The Bertz CT molecular complexity index is 579. The van der Waals surface area contributed by atoms with Crippen molar-refractivity contribution in [2.75, 3.05) is 13.7 Å². The second kappa shape index (κ2) is 13.0. The van der Waals surface area contributed by atoms with Crippen LogP contribution in [0.1, 0.15) is 70.3 Å². The summed E-state index contributed by atoms with van der Waals surface area (Å²) in [7, 11) is 1.78. The molecule has 1 aromatic rings. The minimum Gasteiger partial charge on any atom is -0.377 e. The standard InChI is InChI=1S/C24H36ClNO/c1-3-4-5-6-7-8-9-10-19-26(20-21-11-13-22(25)14-12-21)23-15-17-24(27-2)18-16-23/h11-17,24H,3-10,18-20H2,1-2H3. The van der Waals surface area contributed by atoms with E-state index < -0.39 is 0 Å². The summed E-state index contributed by atoms with van der Waals surface area (Å²) in [6.45, 7) is 4.31. The molecule has 2 nitrogen and oxygen atoms in total. The summed E-state index contributed by atoms with van der Waals surface area (Å²) in [6, 6.07) is 8.23. The minimum absolute atomic E-state index is 0.217. The molecule has 0 radical (unpaired) electrons. The van der Waals surface area contributed by atoms with E-state index in [0.29, 0.717) is 0 Å². The number of methoxy groups -OCH3 is 1. The highest BCUT2D eigenvalue weighted by Gasteiger charge is 2.13. The van der Waals surface area contributed by atoms with Crippen LogP contribution < -0.4 is 0 Å². The zero-order valence-electron chi connectivity index (χ0n) is 17.1. The highest BCUT2D eigenvalue weighted by molar-refractivity contribution is 6.30. The fourth-order valence-corrected chi connectivity index (χ4v) is 3.67. The molecule has 0 saturated carbocycles. The van der Waals surface area contributed by atoms with Crippen LogP contribution in [0.4, 0.5) is 0 Å². The van der Waals surface area contributed by atoms with E-state index >= 15 is 0 Å². The van der Waals surface area contributed by atoms with Crippen molar-refractivity contribution < 1.29 is 4.74 Å². The Morgan fingerprint density at radius 3 is 2.26 bits per heavy atom. The fourth-order valence-electron chi connectivity index (χ4n) is 3.54. The number of unbranched alkanes of at least 4 members (excludes halogenated alkanes) is 7. The molecule has 3 heteroatoms. The molecule has 0 amide bonds. The van der Waals surface area contributed by atoms with Gasteiger partial charge in [0.1, 0.15) is 0 Å². The van der Waals surface area contributed by atoms with Gasteiger partial charge >= 0.3 is 0 Å². The third-order valence-corrected chi connectivity index (χ3v) is 5.53. The van der Waals surface area contributed by atoms with Crippen molar-refractivity contribution in [2.45, 2.75) is 77.4 Å². The van der Waals surface area contributed by atoms with Crippen molar-refractivity contribution in [2.24, 2.45) is 0 Å². The number of hydrogen-bond acceptors (Lipinski definition) is 2. The third-order valence-electron chi connectivity index (χ3n) is 5.28. The van der Waals surface area contributed by atoms with Gasteiger partial charge in [-0.1, -0.05) is 87.8 Å². The Balaban J connectivity index is 1.83. The van der Waals surface area contributed by atoms with Gasteiger partial charge in [-0.2, -0.15) is 0 Å². The molecule has 1 atom stereocenters. The maximum atomic E-state index is 6.04. The van der Waals surface area contributed by atoms with Gasteiger partial charge < -0.3 is 9.64 Å². The maximum Gasteiger partial charge on any atom is 0.0791 e. The van der Waals surface area contributed by atoms with Crippen molar-refractivity contribution in [3.63, 3.8) is 0 Å². The van der Waals surface area contributed by atoms with Crippen molar-refractivity contribution >= 4 is 11.6 Å². The number of benzene rings is 1. The summed E-state index contributed by atoms with van der Waals surface area (Å²) < 4.78 is 5.44. The highest BCUT2D eigenvalue weighted by atomic mass is 35.5. The first-order valence-corrected chi connectivity index (χ1v) is 11.0. The normalized spacial score (nSPS) is 16.4. The van der Waals surface area contributed by atoms with Gasteiger partial charge in [0.2, 0.25) is 0 Å². The van der Waals surface area contributed by atoms with Crippen LogP contribution >= 0.6 is 11.6 Å². The van der Waals surface area contributed by atoms with E-state index in [9.17, 15) is 0 Å². The molecule has 1 aliphatic rings. The summed E-state index contributed by atoms with van der Waals surface area (Å²) in [5.74, 6) is 0. The van der Waals surface area contributed by atoms with Crippen LogP contribution in [0.5, 0.6) is 0 Å². The van der Waals surface area contributed by atoms with Crippen LogP contribution in [-0.4, -0.2) is 24.7 Å². The molecular formula is C24H36ClNO. The van der Waals surface area contributed by atoms with E-state index in [4.69, 9.17) is 16.3 Å². The van der Waals surface area contributed by atoms with Gasteiger partial charge in [-0.15, -0.1) is 0 Å². The summed E-state index contributed by atoms with van der Waals surface area (Å²) in [5.41, 5.74) is 2.63. The summed E-state index contributed by atoms with van der Waals surface area (Å²) in [6.07, 6.45) is 18.7. The lowest BCUT2D eigenvalue weighted by Crippen LogP contribution is -2.25. The lowest BCUT2D eigenvalue weighted by molar-refractivity contribution is 0.141. The van der Waals surface area contributed by atoms with E-state index in [2.05, 4.69) is 42.2 Å². The lowest BCUT2D eigenvalue weighted by Gasteiger charge is -2.28. The van der Waals surface area contributed by atoms with Crippen molar-refractivity contribution in [3.05, 3.63) is 58.8 Å². The number of hydrogen-bond donors (Lipinski definition) is 0. The number of allylic oxidation sites excluding steroid dienone is 1. The number of halogens is 1. The van der Waals surface area contributed by atoms with Gasteiger partial charge in [0.05, 0.1) is 6.10 Å². The van der Waals surface area contributed by atoms with Gasteiger partial charge in [0.15, 0.2) is 0 Å². The second-order valence-electron chi connectivity index (χ2n) is 7.52. The molecule has 0 spiro atoms. The van der Waals surface area contributed by atoms with Crippen LogP contribution in [0, 0.1) is 0 Å². The first kappa shape index (κ1) is 22.0. The molecule has 150 valence electrons. The molecule has 1 unspecified atom stereocenters. The molecule has 1 aliphatic carbocycles. The van der Waals surface area contributed by atoms with Crippen LogP contribution in [0.3, 0.4) is 0 Å². The Hall–Kier alpha value is -1.25. The predicted octanol–water partition coefficient (Wildman–Crippen LogP) is 7.14. The highest BCUT2D eigenvalue weighted by Crippen LogP contribution is 2.21. The van der Waals surface area contributed by atoms with Gasteiger partial charge in [-0.05, 0) is 36.6 Å². The largest absolute Gasteiger partial charge is 0.377 e. The fraction of sp³-hybridized carbons (Fsp3) is 0.583. The maximum absolute atomic E-state index is 6.04.